The number of halogens is 2. The summed E-state index contributed by atoms with van der Waals surface area (Å²) in [6.07, 6.45) is 8.00. The van der Waals surface area contributed by atoms with Crippen LogP contribution >= 0.6 is 0 Å². The zero-order valence-electron chi connectivity index (χ0n) is 21.1. The zero-order valence-corrected chi connectivity index (χ0v) is 21.9. The molecule has 1 fully saturated rings. The Balaban J connectivity index is 1.65. The van der Waals surface area contributed by atoms with Crippen molar-refractivity contribution in [3.63, 3.8) is 0 Å². The largest absolute Gasteiger partial charge is 0.338 e. The third kappa shape index (κ3) is 5.03. The Morgan fingerprint density at radius 3 is 2.45 bits per heavy atom. The van der Waals surface area contributed by atoms with Crippen molar-refractivity contribution in [2.75, 3.05) is 48.1 Å². The van der Waals surface area contributed by atoms with Gasteiger partial charge in [0, 0.05) is 55.9 Å². The molecule has 4 aromatic rings. The Kier molecular flexibility index (Phi) is 7.21. The van der Waals surface area contributed by atoms with E-state index >= 15 is 8.78 Å². The Morgan fingerprint density at radius 1 is 1.03 bits per heavy atom. The average molecular weight is 543 g/mol. The van der Waals surface area contributed by atoms with Crippen molar-refractivity contribution in [2.45, 2.75) is 20.3 Å². The smallest absolute Gasteiger partial charge is 0.232 e. The average Bonchev–Trinajstić information content (AvgIpc) is 3.29. The number of aromatic nitrogens is 5. The van der Waals surface area contributed by atoms with E-state index < -0.39 is 27.3 Å². The third-order valence-electron chi connectivity index (χ3n) is 6.55. The minimum absolute atomic E-state index is 0.188. The van der Waals surface area contributed by atoms with Gasteiger partial charge in [-0.25, -0.2) is 37.1 Å². The fourth-order valence-electron chi connectivity index (χ4n) is 4.58. The molecule has 5 rings (SSSR count). The Morgan fingerprint density at radius 2 is 1.76 bits per heavy atom. The fourth-order valence-corrected chi connectivity index (χ4v) is 5.71. The van der Waals surface area contributed by atoms with Gasteiger partial charge in [0.25, 0.3) is 0 Å². The summed E-state index contributed by atoms with van der Waals surface area (Å²) < 4.78 is 59.0. The van der Waals surface area contributed by atoms with E-state index in [-0.39, 0.29) is 11.4 Å². The van der Waals surface area contributed by atoms with Crippen molar-refractivity contribution < 1.29 is 17.2 Å². The van der Waals surface area contributed by atoms with Crippen LogP contribution in [0, 0.1) is 11.6 Å². The number of hydrogen-bond donors (Lipinski definition) is 1. The second-order valence-corrected chi connectivity index (χ2v) is 10.9. The van der Waals surface area contributed by atoms with Crippen molar-refractivity contribution in [3.05, 3.63) is 54.9 Å². The van der Waals surface area contributed by atoms with Gasteiger partial charge in [0.05, 0.1) is 23.2 Å². The number of benzene rings is 1. The van der Waals surface area contributed by atoms with Crippen LogP contribution in [0.4, 0.5) is 20.4 Å². The van der Waals surface area contributed by atoms with Gasteiger partial charge in [0.1, 0.15) is 23.3 Å². The predicted molar refractivity (Wildman–Crippen MR) is 142 cm³/mol. The number of anilines is 2. The van der Waals surface area contributed by atoms with Crippen LogP contribution in [0.2, 0.25) is 0 Å². The maximum absolute atomic E-state index is 15.7. The van der Waals surface area contributed by atoms with Gasteiger partial charge in [-0.1, -0.05) is 13.8 Å². The molecule has 13 heteroatoms. The molecular weight excluding hydrogens is 514 g/mol. The summed E-state index contributed by atoms with van der Waals surface area (Å²) >= 11 is 0. The van der Waals surface area contributed by atoms with E-state index in [9.17, 15) is 8.42 Å². The van der Waals surface area contributed by atoms with Crippen LogP contribution < -0.4 is 9.62 Å². The number of nitrogens with one attached hydrogen (secondary N) is 1. The standard InChI is InChI=1S/C25H28F2N8O2S/c1-3-11-38(36,37)32-20-6-5-19(26)24(22(20)27)35-15-18(17-12-28-16-29-13-17)23-21(35)14-30-25(31-23)34-9-7-33(4-2)8-10-34/h5-6,12-16,32H,3-4,7-11H2,1-2H3. The highest BCUT2D eigenvalue weighted by Gasteiger charge is 2.24. The molecule has 0 unspecified atom stereocenters. The molecule has 1 aliphatic heterocycles. The fraction of sp³-hybridized carbons (Fsp3) is 0.360. The van der Waals surface area contributed by atoms with E-state index in [1.165, 1.54) is 17.1 Å². The molecule has 38 heavy (non-hydrogen) atoms. The first kappa shape index (κ1) is 25.9. The maximum atomic E-state index is 15.7. The summed E-state index contributed by atoms with van der Waals surface area (Å²) in [5.41, 5.74) is 1.21. The first-order chi connectivity index (χ1) is 18.3. The Hall–Kier alpha value is -3.71. The molecule has 10 nitrogen and oxygen atoms in total. The molecule has 200 valence electrons. The summed E-state index contributed by atoms with van der Waals surface area (Å²) in [5, 5.41) is 0. The molecule has 1 saturated heterocycles. The van der Waals surface area contributed by atoms with Gasteiger partial charge < -0.3 is 14.4 Å². The number of piperazine rings is 1. The normalized spacial score (nSPS) is 14.8. The molecule has 0 atom stereocenters. The lowest BCUT2D eigenvalue weighted by molar-refractivity contribution is 0.270. The Labute approximate surface area is 219 Å². The summed E-state index contributed by atoms with van der Waals surface area (Å²) in [4.78, 5) is 21.9. The van der Waals surface area contributed by atoms with Crippen LogP contribution in [0.25, 0.3) is 27.8 Å². The molecule has 0 bridgehead atoms. The molecule has 0 spiro atoms. The lowest BCUT2D eigenvalue weighted by atomic mass is 10.1. The van der Waals surface area contributed by atoms with Gasteiger partial charge in [-0.15, -0.1) is 0 Å². The highest BCUT2D eigenvalue weighted by molar-refractivity contribution is 7.92. The van der Waals surface area contributed by atoms with Crippen LogP contribution in [0.3, 0.4) is 0 Å². The van der Waals surface area contributed by atoms with E-state index in [0.717, 1.165) is 44.9 Å². The molecule has 0 aliphatic carbocycles. The first-order valence-electron chi connectivity index (χ1n) is 12.4. The minimum Gasteiger partial charge on any atom is -0.338 e. The van der Waals surface area contributed by atoms with Gasteiger partial charge >= 0.3 is 0 Å². The quantitative estimate of drug-likeness (QED) is 0.361. The van der Waals surface area contributed by atoms with Crippen molar-refractivity contribution in [1.82, 2.24) is 29.4 Å². The molecule has 1 aromatic carbocycles. The molecule has 3 aromatic heterocycles. The van der Waals surface area contributed by atoms with E-state index in [0.29, 0.717) is 34.5 Å². The van der Waals surface area contributed by atoms with Crippen LogP contribution in [-0.2, 0) is 10.0 Å². The van der Waals surface area contributed by atoms with Gasteiger partial charge in [0.2, 0.25) is 16.0 Å². The van der Waals surface area contributed by atoms with Crippen LogP contribution in [0.15, 0.2) is 43.2 Å². The van der Waals surface area contributed by atoms with Crippen molar-refractivity contribution in [1.29, 1.82) is 0 Å². The molecule has 4 heterocycles. The van der Waals surface area contributed by atoms with Crippen LogP contribution in [-0.4, -0.2) is 76.3 Å². The van der Waals surface area contributed by atoms with Gasteiger partial charge in [-0.05, 0) is 25.1 Å². The number of likely N-dealkylation sites (N-methyl/N-ethyl adjacent to an activating group) is 1. The van der Waals surface area contributed by atoms with Crippen molar-refractivity contribution in [3.8, 4) is 16.8 Å². The highest BCUT2D eigenvalue weighted by atomic mass is 32.2. The zero-order chi connectivity index (χ0) is 26.9. The van der Waals surface area contributed by atoms with E-state index in [2.05, 4.69) is 36.4 Å². The van der Waals surface area contributed by atoms with E-state index in [1.807, 2.05) is 0 Å². The molecule has 1 aliphatic rings. The van der Waals surface area contributed by atoms with E-state index in [4.69, 9.17) is 4.98 Å². The number of nitrogens with zero attached hydrogens (tertiary/aromatic N) is 7. The summed E-state index contributed by atoms with van der Waals surface area (Å²) in [5.74, 6) is -1.58. The summed E-state index contributed by atoms with van der Waals surface area (Å²) in [7, 11) is -3.80. The molecular formula is C25H28F2N8O2S. The first-order valence-corrected chi connectivity index (χ1v) is 14.1. The second-order valence-electron chi connectivity index (χ2n) is 9.04. The topological polar surface area (TPSA) is 109 Å². The molecule has 0 radical (unpaired) electrons. The minimum atomic E-state index is -3.80. The SMILES string of the molecule is CCCS(=O)(=O)Nc1ccc(F)c(-n2cc(-c3cncnc3)c3nc(N4CCN(CC)CC4)ncc32)c1F. The summed E-state index contributed by atoms with van der Waals surface area (Å²) in [6.45, 7) is 8.08. The lowest BCUT2D eigenvalue weighted by Gasteiger charge is -2.34. The van der Waals surface area contributed by atoms with Crippen molar-refractivity contribution in [2.24, 2.45) is 0 Å². The molecule has 0 saturated carbocycles. The van der Waals surface area contributed by atoms with Gasteiger partial charge in [-0.2, -0.15) is 0 Å². The van der Waals surface area contributed by atoms with Gasteiger partial charge in [0.15, 0.2) is 5.82 Å². The Bertz CT molecular complexity index is 1550. The summed E-state index contributed by atoms with van der Waals surface area (Å²) in [6, 6.07) is 2.10. The van der Waals surface area contributed by atoms with Crippen molar-refractivity contribution >= 4 is 32.7 Å². The van der Waals surface area contributed by atoms with Crippen LogP contribution in [0.5, 0.6) is 0 Å². The number of rotatable bonds is 8. The number of fused-ring (bicyclic) bond motifs is 1. The monoisotopic (exact) mass is 542 g/mol. The van der Waals surface area contributed by atoms with Crippen LogP contribution in [0.1, 0.15) is 20.3 Å². The number of sulfonamides is 1. The third-order valence-corrected chi connectivity index (χ3v) is 8.03. The number of hydrogen-bond acceptors (Lipinski definition) is 8. The molecule has 0 amide bonds. The second kappa shape index (κ2) is 10.6. The lowest BCUT2D eigenvalue weighted by Crippen LogP contribution is -2.46. The predicted octanol–water partition coefficient (Wildman–Crippen LogP) is 3.45. The highest BCUT2D eigenvalue weighted by Crippen LogP contribution is 2.35. The van der Waals surface area contributed by atoms with Gasteiger partial charge in [-0.3, -0.25) is 4.72 Å². The van der Waals surface area contributed by atoms with E-state index in [1.54, 1.807) is 25.5 Å². The molecule has 1 N–H and O–H groups in total. The maximum Gasteiger partial charge on any atom is 0.232 e.